The van der Waals surface area contributed by atoms with E-state index in [4.69, 9.17) is 9.15 Å². The quantitative estimate of drug-likeness (QED) is 0.780. The second-order valence-electron chi connectivity index (χ2n) is 4.55. The minimum absolute atomic E-state index is 0.218. The summed E-state index contributed by atoms with van der Waals surface area (Å²) < 4.78 is 10.4. The third-order valence-corrected chi connectivity index (χ3v) is 3.18. The minimum atomic E-state index is -0.471. The lowest BCUT2D eigenvalue weighted by Gasteiger charge is -2.02. The Balaban J connectivity index is 2.50. The van der Waals surface area contributed by atoms with Crippen molar-refractivity contribution in [2.75, 3.05) is 7.11 Å². The molecule has 4 nitrogen and oxygen atoms in total. The maximum absolute atomic E-state index is 11.8. The predicted molar refractivity (Wildman–Crippen MR) is 76.7 cm³/mol. The molecule has 0 radical (unpaired) electrons. The highest BCUT2D eigenvalue weighted by Crippen LogP contribution is 2.26. The van der Waals surface area contributed by atoms with Crippen LogP contribution in [0.15, 0.2) is 28.7 Å². The zero-order valence-corrected chi connectivity index (χ0v) is 12.1. The van der Waals surface area contributed by atoms with Crippen LogP contribution in [0.25, 0.3) is 11.5 Å². The van der Waals surface area contributed by atoms with Gasteiger partial charge in [0.15, 0.2) is 0 Å². The molecule has 0 unspecified atom stereocenters. The van der Waals surface area contributed by atoms with E-state index in [1.165, 1.54) is 7.11 Å². The van der Waals surface area contributed by atoms with Gasteiger partial charge in [-0.3, -0.25) is 0 Å². The van der Waals surface area contributed by atoms with Gasteiger partial charge in [-0.25, -0.2) is 9.78 Å². The van der Waals surface area contributed by atoms with Gasteiger partial charge in [0.2, 0.25) is 11.7 Å². The lowest BCUT2D eigenvalue weighted by molar-refractivity contribution is 0.0564. The molecule has 0 spiro atoms. The van der Waals surface area contributed by atoms with Crippen molar-refractivity contribution in [1.82, 2.24) is 4.98 Å². The molecular weight excluding hydrogens is 254 g/mol. The molecule has 0 aliphatic rings. The minimum Gasteiger partial charge on any atom is -0.463 e. The molecule has 106 valence electrons. The molecule has 0 atom stereocenters. The van der Waals surface area contributed by atoms with Crippen LogP contribution in [0.3, 0.4) is 0 Å². The normalized spacial score (nSPS) is 10.6. The second-order valence-corrected chi connectivity index (χ2v) is 4.55. The molecule has 0 aliphatic carbocycles. The van der Waals surface area contributed by atoms with E-state index < -0.39 is 5.97 Å². The number of ether oxygens (including phenoxy) is 1. The van der Waals surface area contributed by atoms with E-state index in [2.05, 4.69) is 11.9 Å². The molecular formula is C16H19NO3. The molecule has 0 N–H and O–H groups in total. The van der Waals surface area contributed by atoms with Crippen molar-refractivity contribution in [3.8, 4) is 11.5 Å². The summed E-state index contributed by atoms with van der Waals surface area (Å²) in [6, 6.07) is 7.92. The smallest absolute Gasteiger partial charge is 0.376 e. The number of aromatic nitrogens is 1. The number of aryl methyl sites for hydroxylation is 2. The number of nitrogens with zero attached hydrogens (tertiary/aromatic N) is 1. The molecule has 1 aromatic carbocycles. The summed E-state index contributed by atoms with van der Waals surface area (Å²) in [5.74, 6) is 0.239. The van der Waals surface area contributed by atoms with Crippen molar-refractivity contribution in [1.29, 1.82) is 0 Å². The van der Waals surface area contributed by atoms with E-state index in [9.17, 15) is 4.79 Å². The third-order valence-electron chi connectivity index (χ3n) is 3.18. The van der Waals surface area contributed by atoms with Crippen molar-refractivity contribution < 1.29 is 13.9 Å². The van der Waals surface area contributed by atoms with Gasteiger partial charge < -0.3 is 9.15 Å². The van der Waals surface area contributed by atoms with Gasteiger partial charge >= 0.3 is 5.97 Å². The van der Waals surface area contributed by atoms with E-state index in [0.717, 1.165) is 24.0 Å². The van der Waals surface area contributed by atoms with Crippen molar-refractivity contribution in [3.63, 3.8) is 0 Å². The lowest BCUT2D eigenvalue weighted by Crippen LogP contribution is -2.03. The summed E-state index contributed by atoms with van der Waals surface area (Å²) >= 11 is 0. The van der Waals surface area contributed by atoms with Crippen LogP contribution in [0.5, 0.6) is 0 Å². The monoisotopic (exact) mass is 273 g/mol. The van der Waals surface area contributed by atoms with Crippen LogP contribution in [0.4, 0.5) is 0 Å². The third kappa shape index (κ3) is 2.74. The zero-order chi connectivity index (χ0) is 14.5. The summed E-state index contributed by atoms with van der Waals surface area (Å²) in [5, 5.41) is 0. The Bertz CT molecular complexity index is 602. The van der Waals surface area contributed by atoms with Crippen LogP contribution < -0.4 is 0 Å². The number of esters is 1. The fourth-order valence-electron chi connectivity index (χ4n) is 2.16. The lowest BCUT2D eigenvalue weighted by atomic mass is 10.1. The topological polar surface area (TPSA) is 52.3 Å². The van der Waals surface area contributed by atoms with Gasteiger partial charge in [-0.2, -0.15) is 0 Å². The summed E-state index contributed by atoms with van der Waals surface area (Å²) in [5.41, 5.74) is 2.75. The highest BCUT2D eigenvalue weighted by atomic mass is 16.5. The van der Waals surface area contributed by atoms with Gasteiger partial charge in [0.1, 0.15) is 0 Å². The number of oxazole rings is 1. The number of methoxy groups -OCH3 is 1. The first-order valence-corrected chi connectivity index (χ1v) is 6.87. The second kappa shape index (κ2) is 6.37. The highest BCUT2D eigenvalue weighted by Gasteiger charge is 2.21. The van der Waals surface area contributed by atoms with Crippen molar-refractivity contribution in [2.24, 2.45) is 0 Å². The van der Waals surface area contributed by atoms with Crippen LogP contribution in [-0.4, -0.2) is 18.1 Å². The Morgan fingerprint density at radius 2 is 2.05 bits per heavy atom. The van der Waals surface area contributed by atoms with Gasteiger partial charge in [-0.05, 0) is 24.5 Å². The number of hydrogen-bond donors (Lipinski definition) is 0. The first-order chi connectivity index (χ1) is 9.71. The van der Waals surface area contributed by atoms with E-state index >= 15 is 0 Å². The molecule has 2 rings (SSSR count). The van der Waals surface area contributed by atoms with Gasteiger partial charge in [-0.15, -0.1) is 0 Å². The maximum Gasteiger partial charge on any atom is 0.376 e. The van der Waals surface area contributed by atoms with E-state index in [1.54, 1.807) is 0 Å². The zero-order valence-electron chi connectivity index (χ0n) is 12.1. The summed E-state index contributed by atoms with van der Waals surface area (Å²) in [4.78, 5) is 16.2. The van der Waals surface area contributed by atoms with Crippen LogP contribution in [0, 0.1) is 0 Å². The molecule has 0 fully saturated rings. The average Bonchev–Trinajstić information content (AvgIpc) is 2.90. The summed E-state index contributed by atoms with van der Waals surface area (Å²) in [6.07, 6.45) is 2.48. The van der Waals surface area contributed by atoms with Crippen molar-refractivity contribution in [3.05, 3.63) is 41.3 Å². The van der Waals surface area contributed by atoms with E-state index in [0.29, 0.717) is 18.0 Å². The summed E-state index contributed by atoms with van der Waals surface area (Å²) in [7, 11) is 1.35. The fourth-order valence-corrected chi connectivity index (χ4v) is 2.16. The van der Waals surface area contributed by atoms with Gasteiger partial charge in [0.25, 0.3) is 0 Å². The van der Waals surface area contributed by atoms with Crippen molar-refractivity contribution in [2.45, 2.75) is 33.1 Å². The first-order valence-electron chi connectivity index (χ1n) is 6.87. The fraction of sp³-hybridized carbons (Fsp3) is 0.375. The Hall–Kier alpha value is -2.10. The molecule has 0 aliphatic heterocycles. The SMILES string of the molecule is CCCc1nc(-c2ccccc2CC)oc1C(=O)OC. The Labute approximate surface area is 118 Å². The van der Waals surface area contributed by atoms with Gasteiger partial charge in [0, 0.05) is 5.56 Å². The molecule has 2 aromatic rings. The van der Waals surface area contributed by atoms with Gasteiger partial charge in [0.05, 0.1) is 12.8 Å². The van der Waals surface area contributed by atoms with E-state index in [1.807, 2.05) is 31.2 Å². The Morgan fingerprint density at radius 1 is 1.30 bits per heavy atom. The number of benzene rings is 1. The number of carbonyl (C=O) groups is 1. The first kappa shape index (κ1) is 14.3. The number of carbonyl (C=O) groups excluding carboxylic acids is 1. The molecule has 20 heavy (non-hydrogen) atoms. The highest BCUT2D eigenvalue weighted by molar-refractivity contribution is 5.88. The average molecular weight is 273 g/mol. The molecule has 0 amide bonds. The maximum atomic E-state index is 11.8. The Morgan fingerprint density at radius 3 is 2.70 bits per heavy atom. The van der Waals surface area contributed by atoms with Gasteiger partial charge in [-0.1, -0.05) is 38.5 Å². The molecule has 0 bridgehead atoms. The molecule has 0 saturated carbocycles. The molecule has 0 saturated heterocycles. The van der Waals surface area contributed by atoms with E-state index in [-0.39, 0.29) is 5.76 Å². The predicted octanol–water partition coefficient (Wildman–Crippen LogP) is 3.64. The standard InChI is InChI=1S/C16H19NO3/c1-4-8-13-14(16(18)19-3)20-15(17-13)12-10-7-6-9-11(12)5-2/h6-7,9-10H,4-5,8H2,1-3H3. The summed E-state index contributed by atoms with van der Waals surface area (Å²) in [6.45, 7) is 4.12. The van der Waals surface area contributed by atoms with Crippen LogP contribution >= 0.6 is 0 Å². The van der Waals surface area contributed by atoms with Crippen LogP contribution in [-0.2, 0) is 17.6 Å². The number of hydrogen-bond acceptors (Lipinski definition) is 4. The molecule has 1 heterocycles. The molecule has 1 aromatic heterocycles. The largest absolute Gasteiger partial charge is 0.463 e. The van der Waals surface area contributed by atoms with Crippen molar-refractivity contribution >= 4 is 5.97 Å². The van der Waals surface area contributed by atoms with Crippen LogP contribution in [0.1, 0.15) is 42.1 Å². The molecule has 4 heteroatoms. The Kier molecular flexibility index (Phi) is 4.56. The number of rotatable bonds is 5. The van der Waals surface area contributed by atoms with Crippen LogP contribution in [0.2, 0.25) is 0 Å².